The van der Waals surface area contributed by atoms with Crippen molar-refractivity contribution in [3.8, 4) is 17.6 Å². The zero-order valence-electron chi connectivity index (χ0n) is 15.0. The van der Waals surface area contributed by atoms with E-state index in [4.69, 9.17) is 14.7 Å². The van der Waals surface area contributed by atoms with Crippen LogP contribution in [0, 0.1) is 18.3 Å². The van der Waals surface area contributed by atoms with Crippen molar-refractivity contribution in [3.63, 3.8) is 0 Å². The molecular formula is C19H25N3O2S. The summed E-state index contributed by atoms with van der Waals surface area (Å²) >= 11 is 1.70. The molecule has 0 fully saturated rings. The number of benzene rings is 1. The fraction of sp³-hybridized carbons (Fsp3) is 0.474. The first kappa shape index (κ1) is 19.2. The Labute approximate surface area is 153 Å². The minimum Gasteiger partial charge on any atom is -0.493 e. The first-order valence-electron chi connectivity index (χ1n) is 8.50. The van der Waals surface area contributed by atoms with Crippen molar-refractivity contribution in [2.45, 2.75) is 45.7 Å². The number of thiazole rings is 1. The lowest BCUT2D eigenvalue weighted by Crippen LogP contribution is -2.20. The largest absolute Gasteiger partial charge is 0.493 e. The highest BCUT2D eigenvalue weighted by molar-refractivity contribution is 7.09. The molecule has 25 heavy (non-hydrogen) atoms. The molecule has 6 heteroatoms. The average molecular weight is 359 g/mol. The summed E-state index contributed by atoms with van der Waals surface area (Å²) in [6.45, 7) is 5.42. The van der Waals surface area contributed by atoms with Crippen LogP contribution in [0.5, 0.6) is 11.5 Å². The summed E-state index contributed by atoms with van der Waals surface area (Å²) in [5, 5.41) is 15.4. The Morgan fingerprint density at radius 3 is 2.84 bits per heavy atom. The van der Waals surface area contributed by atoms with E-state index in [2.05, 4.69) is 28.7 Å². The van der Waals surface area contributed by atoms with E-state index in [1.54, 1.807) is 18.4 Å². The number of hydrogen-bond donors (Lipinski definition) is 1. The molecule has 1 heterocycles. The molecule has 134 valence electrons. The van der Waals surface area contributed by atoms with Gasteiger partial charge in [-0.05, 0) is 37.5 Å². The summed E-state index contributed by atoms with van der Waals surface area (Å²) in [5.41, 5.74) is 2.19. The molecule has 1 atom stereocenters. The van der Waals surface area contributed by atoms with Gasteiger partial charge in [0.15, 0.2) is 11.5 Å². The van der Waals surface area contributed by atoms with Crippen LogP contribution in [0.15, 0.2) is 23.6 Å². The van der Waals surface area contributed by atoms with Crippen LogP contribution < -0.4 is 14.8 Å². The van der Waals surface area contributed by atoms with Crippen LogP contribution in [0.25, 0.3) is 0 Å². The first-order chi connectivity index (χ1) is 12.2. The van der Waals surface area contributed by atoms with Gasteiger partial charge in [0.05, 0.1) is 25.8 Å². The molecule has 2 rings (SSSR count). The third-order valence-corrected chi connectivity index (χ3v) is 4.89. The second-order valence-electron chi connectivity index (χ2n) is 5.76. The SMILES string of the molecule is CCC(NCc1ccc(OC)c(OCCCC#N)c1)c1nc(C)cs1. The number of unbranched alkanes of at least 4 members (excludes halogenated alkanes) is 1. The molecule has 0 aliphatic carbocycles. The van der Waals surface area contributed by atoms with Gasteiger partial charge in [-0.3, -0.25) is 0 Å². The number of aromatic nitrogens is 1. The Hall–Kier alpha value is -2.10. The quantitative estimate of drug-likeness (QED) is 0.638. The van der Waals surface area contributed by atoms with Gasteiger partial charge in [0.1, 0.15) is 5.01 Å². The second kappa shape index (κ2) is 10.0. The Morgan fingerprint density at radius 1 is 1.36 bits per heavy atom. The number of nitrogens with zero attached hydrogens (tertiary/aromatic N) is 2. The Bertz CT molecular complexity index is 709. The number of aryl methyl sites for hydroxylation is 1. The lowest BCUT2D eigenvalue weighted by Gasteiger charge is -2.16. The van der Waals surface area contributed by atoms with Crippen LogP contribution in [0.3, 0.4) is 0 Å². The Morgan fingerprint density at radius 2 is 2.20 bits per heavy atom. The van der Waals surface area contributed by atoms with Crippen LogP contribution in [-0.4, -0.2) is 18.7 Å². The zero-order valence-corrected chi connectivity index (χ0v) is 15.9. The van der Waals surface area contributed by atoms with Gasteiger partial charge in [-0.25, -0.2) is 4.98 Å². The summed E-state index contributed by atoms with van der Waals surface area (Å²) in [5.74, 6) is 1.43. The van der Waals surface area contributed by atoms with Crippen molar-refractivity contribution in [2.24, 2.45) is 0 Å². The maximum absolute atomic E-state index is 8.61. The summed E-state index contributed by atoms with van der Waals surface area (Å²) in [6, 6.07) is 8.33. The van der Waals surface area contributed by atoms with E-state index in [1.165, 1.54) is 0 Å². The van der Waals surface area contributed by atoms with E-state index in [1.807, 2.05) is 25.1 Å². The van der Waals surface area contributed by atoms with Crippen molar-refractivity contribution in [3.05, 3.63) is 39.8 Å². The number of rotatable bonds is 10. The number of hydrogen-bond acceptors (Lipinski definition) is 6. The van der Waals surface area contributed by atoms with Gasteiger partial charge in [0.2, 0.25) is 0 Å². The fourth-order valence-corrected chi connectivity index (χ4v) is 3.41. The van der Waals surface area contributed by atoms with Gasteiger partial charge in [0.25, 0.3) is 0 Å². The molecular weight excluding hydrogens is 334 g/mol. The summed E-state index contributed by atoms with van der Waals surface area (Å²) < 4.78 is 11.1. The zero-order chi connectivity index (χ0) is 18.1. The lowest BCUT2D eigenvalue weighted by atomic mass is 10.1. The monoisotopic (exact) mass is 359 g/mol. The molecule has 0 aliphatic heterocycles. The maximum Gasteiger partial charge on any atom is 0.161 e. The van der Waals surface area contributed by atoms with Crippen LogP contribution in [-0.2, 0) is 6.54 Å². The highest BCUT2D eigenvalue weighted by Gasteiger charge is 2.13. The number of ether oxygens (including phenoxy) is 2. The van der Waals surface area contributed by atoms with Crippen molar-refractivity contribution >= 4 is 11.3 Å². The van der Waals surface area contributed by atoms with Gasteiger partial charge in [-0.15, -0.1) is 11.3 Å². The van der Waals surface area contributed by atoms with Crippen molar-refractivity contribution in [1.82, 2.24) is 10.3 Å². The number of nitriles is 1. The first-order valence-corrected chi connectivity index (χ1v) is 9.38. The topological polar surface area (TPSA) is 67.2 Å². The number of methoxy groups -OCH3 is 1. The number of nitrogens with one attached hydrogen (secondary N) is 1. The molecule has 1 aromatic heterocycles. The molecule has 0 saturated heterocycles. The molecule has 0 aliphatic rings. The standard InChI is InChI=1S/C19H25N3O2S/c1-4-16(19-22-14(2)13-25-19)21-12-15-7-8-17(23-3)18(11-15)24-10-6-5-9-20/h7-8,11,13,16,21H,4-6,10,12H2,1-3H3. The predicted octanol–water partition coefficient (Wildman–Crippen LogP) is 4.38. The van der Waals surface area contributed by atoms with Gasteiger partial charge in [-0.1, -0.05) is 13.0 Å². The van der Waals surface area contributed by atoms with E-state index in [9.17, 15) is 0 Å². The van der Waals surface area contributed by atoms with Gasteiger partial charge in [-0.2, -0.15) is 5.26 Å². The normalized spacial score (nSPS) is 11.8. The highest BCUT2D eigenvalue weighted by atomic mass is 32.1. The molecule has 5 nitrogen and oxygen atoms in total. The van der Waals surface area contributed by atoms with Gasteiger partial charge < -0.3 is 14.8 Å². The molecule has 0 amide bonds. The Kier molecular flexibility index (Phi) is 7.71. The third kappa shape index (κ3) is 5.73. The molecule has 0 radical (unpaired) electrons. The average Bonchev–Trinajstić information content (AvgIpc) is 3.05. The molecule has 1 aromatic carbocycles. The predicted molar refractivity (Wildman–Crippen MR) is 100 cm³/mol. The second-order valence-corrected chi connectivity index (χ2v) is 6.65. The summed E-state index contributed by atoms with van der Waals surface area (Å²) in [6.07, 6.45) is 2.19. The molecule has 0 bridgehead atoms. The molecule has 1 unspecified atom stereocenters. The maximum atomic E-state index is 8.61. The van der Waals surface area contributed by atoms with Gasteiger partial charge >= 0.3 is 0 Å². The van der Waals surface area contributed by atoms with Crippen LogP contribution >= 0.6 is 11.3 Å². The Balaban J connectivity index is 1.99. The van der Waals surface area contributed by atoms with Crippen molar-refractivity contribution < 1.29 is 9.47 Å². The lowest BCUT2D eigenvalue weighted by molar-refractivity contribution is 0.290. The summed E-state index contributed by atoms with van der Waals surface area (Å²) in [7, 11) is 1.63. The van der Waals surface area contributed by atoms with Crippen LogP contribution in [0.2, 0.25) is 0 Å². The van der Waals surface area contributed by atoms with Crippen LogP contribution in [0.4, 0.5) is 0 Å². The molecule has 0 saturated carbocycles. The van der Waals surface area contributed by atoms with Crippen molar-refractivity contribution in [2.75, 3.05) is 13.7 Å². The smallest absolute Gasteiger partial charge is 0.161 e. The summed E-state index contributed by atoms with van der Waals surface area (Å²) in [4.78, 5) is 4.58. The van der Waals surface area contributed by atoms with Gasteiger partial charge in [0, 0.05) is 24.0 Å². The van der Waals surface area contributed by atoms with E-state index in [0.29, 0.717) is 25.2 Å². The molecule has 1 N–H and O–H groups in total. The third-order valence-electron chi connectivity index (χ3n) is 3.81. The van der Waals surface area contributed by atoms with E-state index in [0.717, 1.165) is 35.0 Å². The minimum atomic E-state index is 0.251. The molecule has 2 aromatic rings. The van der Waals surface area contributed by atoms with E-state index < -0.39 is 0 Å². The van der Waals surface area contributed by atoms with Crippen LogP contribution in [0.1, 0.15) is 48.5 Å². The van der Waals surface area contributed by atoms with E-state index in [-0.39, 0.29) is 6.04 Å². The fourth-order valence-electron chi connectivity index (χ4n) is 2.46. The molecule has 0 spiro atoms. The minimum absolute atomic E-state index is 0.251. The van der Waals surface area contributed by atoms with Crippen molar-refractivity contribution in [1.29, 1.82) is 5.26 Å². The highest BCUT2D eigenvalue weighted by Crippen LogP contribution is 2.29. The van der Waals surface area contributed by atoms with E-state index >= 15 is 0 Å².